The summed E-state index contributed by atoms with van der Waals surface area (Å²) < 4.78 is 56.1. The van der Waals surface area contributed by atoms with Gasteiger partial charge in [0.25, 0.3) is 5.91 Å². The molecule has 176 valence electrons. The maximum Gasteiger partial charge on any atom is 0.418 e. The fraction of sp³-hybridized carbons (Fsp3) is 0.375. The van der Waals surface area contributed by atoms with Crippen LogP contribution in [0.25, 0.3) is 0 Å². The average Bonchev–Trinajstić information content (AvgIpc) is 2.91. The first-order valence-corrected chi connectivity index (χ1v) is 10.9. The van der Waals surface area contributed by atoms with Gasteiger partial charge < -0.3 is 20.4 Å². The van der Waals surface area contributed by atoms with E-state index in [2.05, 4.69) is 10.6 Å². The third-order valence-electron chi connectivity index (χ3n) is 6.16. The highest BCUT2D eigenvalue weighted by Crippen LogP contribution is 2.39. The Balaban J connectivity index is 1.60. The molecule has 2 N–H and O–H groups in total. The first-order chi connectivity index (χ1) is 15.6. The van der Waals surface area contributed by atoms with Crippen molar-refractivity contribution in [2.75, 3.05) is 31.1 Å². The van der Waals surface area contributed by atoms with Gasteiger partial charge in [-0.1, -0.05) is 18.6 Å². The first-order valence-electron chi connectivity index (χ1n) is 10.9. The number of rotatable bonds is 3. The molecule has 3 heterocycles. The van der Waals surface area contributed by atoms with Gasteiger partial charge in [-0.05, 0) is 43.5 Å². The van der Waals surface area contributed by atoms with Crippen LogP contribution in [0, 0.1) is 11.7 Å². The molecule has 5 nitrogen and oxygen atoms in total. The van der Waals surface area contributed by atoms with Crippen LogP contribution in [0.3, 0.4) is 0 Å². The highest BCUT2D eigenvalue weighted by Gasteiger charge is 2.40. The number of hydrogen-bond donors (Lipinski definition) is 2. The zero-order valence-corrected chi connectivity index (χ0v) is 18.5. The third-order valence-corrected chi connectivity index (χ3v) is 6.16. The molecule has 3 aliphatic rings. The Morgan fingerprint density at radius 1 is 1.18 bits per heavy atom. The predicted molar refractivity (Wildman–Crippen MR) is 119 cm³/mol. The van der Waals surface area contributed by atoms with Crippen molar-refractivity contribution in [1.82, 2.24) is 15.5 Å². The van der Waals surface area contributed by atoms with E-state index in [4.69, 9.17) is 0 Å². The fourth-order valence-electron chi connectivity index (χ4n) is 4.07. The van der Waals surface area contributed by atoms with Crippen molar-refractivity contribution in [3.63, 3.8) is 0 Å². The number of piperazine rings is 1. The maximum absolute atomic E-state index is 14.7. The lowest BCUT2D eigenvalue weighted by Crippen LogP contribution is -2.43. The van der Waals surface area contributed by atoms with Gasteiger partial charge in [0.05, 0.1) is 22.5 Å². The molecule has 1 fully saturated rings. The molecule has 1 amide bonds. The van der Waals surface area contributed by atoms with E-state index in [0.717, 1.165) is 37.8 Å². The van der Waals surface area contributed by atoms with Crippen molar-refractivity contribution in [2.24, 2.45) is 5.92 Å². The average molecular weight is 462 g/mol. The van der Waals surface area contributed by atoms with Crippen LogP contribution < -0.4 is 15.5 Å². The molecule has 1 aromatic carbocycles. The van der Waals surface area contributed by atoms with Crippen LogP contribution >= 0.6 is 0 Å². The molecule has 4 rings (SSSR count). The first kappa shape index (κ1) is 23.1. The van der Waals surface area contributed by atoms with Crippen LogP contribution in [0.1, 0.15) is 30.6 Å². The number of amides is 1. The van der Waals surface area contributed by atoms with Crippen molar-refractivity contribution < 1.29 is 22.4 Å². The second kappa shape index (κ2) is 9.05. The summed E-state index contributed by atoms with van der Waals surface area (Å²) in [5.41, 5.74) is 0.462. The van der Waals surface area contributed by atoms with E-state index in [1.165, 1.54) is 23.2 Å². The van der Waals surface area contributed by atoms with E-state index in [-0.39, 0.29) is 22.9 Å². The van der Waals surface area contributed by atoms with Crippen molar-refractivity contribution in [1.29, 1.82) is 0 Å². The van der Waals surface area contributed by atoms with Crippen molar-refractivity contribution in [2.45, 2.75) is 26.4 Å². The molecule has 33 heavy (non-hydrogen) atoms. The van der Waals surface area contributed by atoms with Gasteiger partial charge in [0, 0.05) is 44.3 Å². The van der Waals surface area contributed by atoms with Crippen molar-refractivity contribution >= 4 is 11.6 Å². The molecule has 0 bridgehead atoms. The van der Waals surface area contributed by atoms with Gasteiger partial charge in [0.1, 0.15) is 5.82 Å². The Kier molecular flexibility index (Phi) is 6.34. The Bertz CT molecular complexity index is 1060. The van der Waals surface area contributed by atoms with Gasteiger partial charge in [0.15, 0.2) is 0 Å². The van der Waals surface area contributed by atoms with E-state index in [9.17, 15) is 22.4 Å². The number of carbonyl (C=O) groups is 1. The molecule has 1 atom stereocenters. The minimum atomic E-state index is -4.61. The molecule has 0 saturated carbocycles. The van der Waals surface area contributed by atoms with Gasteiger partial charge in [-0.2, -0.15) is 13.2 Å². The number of fused-ring (bicyclic) bond motifs is 1. The van der Waals surface area contributed by atoms with E-state index in [0.29, 0.717) is 12.1 Å². The molecular formula is C24H26F4N4O. The number of alkyl halides is 3. The quantitative estimate of drug-likeness (QED) is 0.653. The van der Waals surface area contributed by atoms with Gasteiger partial charge in [-0.3, -0.25) is 4.79 Å². The standard InChI is InChI=1S/C24H26F4N4O/c1-15-3-6-22-20(24(26,27)28)11-17(14-32(22)13-16(15)2)30-23(33)19-5-4-18(12-21(19)25)31-9-7-29-8-10-31/h4-6,11-15,29H,3,7-10H2,1-2H3,(H,30,33). The van der Waals surface area contributed by atoms with Crippen LogP contribution in [0.4, 0.5) is 23.2 Å². The summed E-state index contributed by atoms with van der Waals surface area (Å²) >= 11 is 0. The summed E-state index contributed by atoms with van der Waals surface area (Å²) in [6.07, 6.45) is 1.37. The summed E-state index contributed by atoms with van der Waals surface area (Å²) in [7, 11) is 0. The summed E-state index contributed by atoms with van der Waals surface area (Å²) in [6, 6.07) is 4.30. The Morgan fingerprint density at radius 2 is 1.91 bits per heavy atom. The van der Waals surface area contributed by atoms with E-state index >= 15 is 0 Å². The van der Waals surface area contributed by atoms with Crippen LogP contribution in [0.15, 0.2) is 65.3 Å². The van der Waals surface area contributed by atoms with Crippen molar-refractivity contribution in [3.05, 3.63) is 76.7 Å². The van der Waals surface area contributed by atoms with Gasteiger partial charge in [-0.25, -0.2) is 4.39 Å². The Labute approximate surface area is 190 Å². The molecule has 0 aromatic heterocycles. The molecule has 0 radical (unpaired) electrons. The summed E-state index contributed by atoms with van der Waals surface area (Å²) in [4.78, 5) is 16.1. The zero-order chi connectivity index (χ0) is 23.8. The number of hydrogen-bond acceptors (Lipinski definition) is 4. The molecule has 1 unspecified atom stereocenters. The topological polar surface area (TPSA) is 47.6 Å². The number of nitrogens with zero attached hydrogens (tertiary/aromatic N) is 2. The van der Waals surface area contributed by atoms with Gasteiger partial charge >= 0.3 is 6.18 Å². The Hall–Kier alpha value is -3.07. The van der Waals surface area contributed by atoms with Crippen LogP contribution in [-0.2, 0) is 0 Å². The minimum Gasteiger partial charge on any atom is -0.369 e. The van der Waals surface area contributed by atoms with Crippen LogP contribution in [0.5, 0.6) is 0 Å². The monoisotopic (exact) mass is 462 g/mol. The lowest BCUT2D eigenvalue weighted by molar-refractivity contribution is -0.0910. The van der Waals surface area contributed by atoms with E-state index in [1.807, 2.05) is 18.7 Å². The highest BCUT2D eigenvalue weighted by atomic mass is 19.4. The molecule has 0 spiro atoms. The highest BCUT2D eigenvalue weighted by molar-refractivity contribution is 5.96. The molecule has 3 aliphatic heterocycles. The third kappa shape index (κ3) is 4.98. The van der Waals surface area contributed by atoms with Crippen LogP contribution in [0.2, 0.25) is 0 Å². The summed E-state index contributed by atoms with van der Waals surface area (Å²) in [5.74, 6) is -1.44. The minimum absolute atomic E-state index is 0.0238. The second-order valence-corrected chi connectivity index (χ2v) is 8.50. The normalized spacial score (nSPS) is 21.3. The summed E-state index contributed by atoms with van der Waals surface area (Å²) in [5, 5.41) is 5.65. The Morgan fingerprint density at radius 3 is 2.58 bits per heavy atom. The number of carbonyl (C=O) groups excluding carboxylic acids is 1. The molecule has 1 aromatic rings. The van der Waals surface area contributed by atoms with Gasteiger partial charge in [0.2, 0.25) is 0 Å². The smallest absolute Gasteiger partial charge is 0.369 e. The second-order valence-electron chi connectivity index (χ2n) is 8.50. The molecule has 9 heteroatoms. The number of allylic oxidation sites excluding steroid dienone is 4. The largest absolute Gasteiger partial charge is 0.418 e. The SMILES string of the molecule is CC1=CN2C=C(NC(=O)c3ccc(N4CCNCC4)cc3F)C=C(C(F)(F)F)C2=CCC1C. The number of halogens is 4. The lowest BCUT2D eigenvalue weighted by Gasteiger charge is -2.29. The number of nitrogens with one attached hydrogen (secondary N) is 2. The lowest BCUT2D eigenvalue weighted by atomic mass is 10.00. The van der Waals surface area contributed by atoms with Crippen molar-refractivity contribution in [3.8, 4) is 0 Å². The predicted octanol–water partition coefficient (Wildman–Crippen LogP) is 4.44. The van der Waals surface area contributed by atoms with E-state index < -0.39 is 23.5 Å². The number of anilines is 1. The van der Waals surface area contributed by atoms with Gasteiger partial charge in [-0.15, -0.1) is 0 Å². The molecule has 0 aliphatic carbocycles. The maximum atomic E-state index is 14.7. The van der Waals surface area contributed by atoms with Crippen LogP contribution in [-0.4, -0.2) is 43.2 Å². The fourth-order valence-corrected chi connectivity index (χ4v) is 4.07. The molecule has 1 saturated heterocycles. The zero-order valence-electron chi connectivity index (χ0n) is 18.5. The number of benzene rings is 1. The summed E-state index contributed by atoms with van der Waals surface area (Å²) in [6.45, 7) is 6.81. The molecular weight excluding hydrogens is 436 g/mol. The van der Waals surface area contributed by atoms with E-state index in [1.54, 1.807) is 18.3 Å².